The van der Waals surface area contributed by atoms with Crippen LogP contribution in [0.15, 0.2) is 59.8 Å². The van der Waals surface area contributed by atoms with Gasteiger partial charge in [0.05, 0.1) is 12.3 Å². The lowest BCUT2D eigenvalue weighted by Gasteiger charge is -2.24. The number of carbonyl (C=O) groups is 2. The van der Waals surface area contributed by atoms with Gasteiger partial charge in [-0.1, -0.05) is 53.7 Å². The normalized spacial score (nSPS) is 15.5. The number of hydrogen-bond acceptors (Lipinski definition) is 4. The van der Waals surface area contributed by atoms with Gasteiger partial charge in [0.1, 0.15) is 5.82 Å². The molecule has 0 aromatic heterocycles. The molecule has 0 fully saturated rings. The molecule has 28 heavy (non-hydrogen) atoms. The van der Waals surface area contributed by atoms with Crippen LogP contribution in [0.1, 0.15) is 24.5 Å². The van der Waals surface area contributed by atoms with Gasteiger partial charge in [-0.15, -0.1) is 0 Å². The van der Waals surface area contributed by atoms with Gasteiger partial charge in [-0.3, -0.25) is 9.59 Å². The molecule has 6 nitrogen and oxygen atoms in total. The predicted octanol–water partition coefficient (Wildman–Crippen LogP) is 2.48. The zero-order valence-corrected chi connectivity index (χ0v) is 15.6. The average Bonchev–Trinajstić information content (AvgIpc) is 3.18. The Kier molecular flexibility index (Phi) is 6.37. The van der Waals surface area contributed by atoms with Gasteiger partial charge in [0.25, 0.3) is 5.91 Å². The van der Waals surface area contributed by atoms with E-state index < -0.39 is 11.9 Å². The zero-order chi connectivity index (χ0) is 19.9. The number of hydrogen-bond donors (Lipinski definition) is 1. The maximum absolute atomic E-state index is 14.0. The van der Waals surface area contributed by atoms with Gasteiger partial charge in [-0.25, -0.2) is 4.39 Å². The second kappa shape index (κ2) is 9.12. The fraction of sp³-hybridized carbons (Fsp3) is 0.286. The second-order valence-electron chi connectivity index (χ2n) is 6.45. The Morgan fingerprint density at radius 2 is 1.89 bits per heavy atom. The Balaban J connectivity index is 1.72. The molecular weight excluding hydrogens is 361 g/mol. The number of likely N-dealkylation sites (N-methyl/N-ethyl adjacent to an activating group) is 1. The van der Waals surface area contributed by atoms with Gasteiger partial charge < -0.3 is 15.1 Å². The molecule has 1 atom stereocenters. The van der Waals surface area contributed by atoms with Crippen molar-refractivity contribution in [2.45, 2.75) is 26.0 Å². The van der Waals surface area contributed by atoms with Crippen molar-refractivity contribution in [3.63, 3.8) is 0 Å². The molecule has 0 spiro atoms. The van der Waals surface area contributed by atoms with Gasteiger partial charge in [0.2, 0.25) is 12.0 Å². The molecule has 0 unspecified atom stereocenters. The molecule has 0 radical (unpaired) electrons. The van der Waals surface area contributed by atoms with Crippen LogP contribution in [0.5, 0.6) is 0 Å². The van der Waals surface area contributed by atoms with E-state index in [4.69, 9.17) is 4.84 Å². The lowest BCUT2D eigenvalue weighted by molar-refractivity contribution is -0.145. The van der Waals surface area contributed by atoms with Gasteiger partial charge >= 0.3 is 0 Å². The summed E-state index contributed by atoms with van der Waals surface area (Å²) in [6.45, 7) is 2.48. The Morgan fingerprint density at radius 1 is 1.18 bits per heavy atom. The molecule has 2 aromatic carbocycles. The molecule has 1 N–H and O–H groups in total. The molecule has 2 aromatic rings. The maximum atomic E-state index is 14.0. The molecule has 146 valence electrons. The van der Waals surface area contributed by atoms with E-state index in [1.807, 2.05) is 37.3 Å². The summed E-state index contributed by atoms with van der Waals surface area (Å²) < 4.78 is 14.0. The summed E-state index contributed by atoms with van der Waals surface area (Å²) in [4.78, 5) is 31.8. The highest BCUT2D eigenvalue weighted by atomic mass is 19.1. The van der Waals surface area contributed by atoms with E-state index in [9.17, 15) is 14.0 Å². The summed E-state index contributed by atoms with van der Waals surface area (Å²) in [5, 5.41) is 6.60. The topological polar surface area (TPSA) is 71.0 Å². The van der Waals surface area contributed by atoms with Gasteiger partial charge in [-0.05, 0) is 18.6 Å². The van der Waals surface area contributed by atoms with Crippen LogP contribution < -0.4 is 5.32 Å². The molecule has 7 heteroatoms. The third kappa shape index (κ3) is 4.73. The van der Waals surface area contributed by atoms with Crippen molar-refractivity contribution in [3.05, 3.63) is 71.5 Å². The van der Waals surface area contributed by atoms with Crippen LogP contribution in [0.25, 0.3) is 0 Å². The van der Waals surface area contributed by atoms with Crippen molar-refractivity contribution in [2.24, 2.45) is 5.16 Å². The van der Waals surface area contributed by atoms with E-state index in [0.717, 1.165) is 5.56 Å². The smallest absolute Gasteiger partial charge is 0.267 e. The quantitative estimate of drug-likeness (QED) is 0.799. The third-order valence-corrected chi connectivity index (χ3v) is 4.37. The van der Waals surface area contributed by atoms with Crippen molar-refractivity contribution in [1.82, 2.24) is 10.2 Å². The lowest BCUT2D eigenvalue weighted by Crippen LogP contribution is -2.44. The Bertz CT molecular complexity index is 870. The number of rotatable bonds is 7. The van der Waals surface area contributed by atoms with Crippen molar-refractivity contribution in [2.75, 3.05) is 13.1 Å². The average molecular weight is 383 g/mol. The highest BCUT2D eigenvalue weighted by Crippen LogP contribution is 2.21. The summed E-state index contributed by atoms with van der Waals surface area (Å²) >= 11 is 0. The fourth-order valence-corrected chi connectivity index (χ4v) is 3.01. The van der Waals surface area contributed by atoms with Crippen molar-refractivity contribution >= 4 is 17.5 Å². The molecule has 0 aliphatic carbocycles. The molecule has 0 saturated carbocycles. The summed E-state index contributed by atoms with van der Waals surface area (Å²) in [5.74, 6) is -1.02. The Hall–Kier alpha value is -3.22. The van der Waals surface area contributed by atoms with Gasteiger partial charge in [0, 0.05) is 25.1 Å². The molecular formula is C21H22FN3O3. The molecule has 1 aliphatic rings. The highest BCUT2D eigenvalue weighted by molar-refractivity contribution is 6.04. The van der Waals surface area contributed by atoms with Crippen molar-refractivity contribution in [1.29, 1.82) is 0 Å². The number of oxime groups is 1. The molecule has 0 bridgehead atoms. The van der Waals surface area contributed by atoms with Crippen LogP contribution in [-0.4, -0.2) is 41.6 Å². The minimum Gasteiger partial charge on any atom is -0.382 e. The van der Waals surface area contributed by atoms with Crippen LogP contribution in [0.2, 0.25) is 0 Å². The third-order valence-electron chi connectivity index (χ3n) is 4.37. The SMILES string of the molecule is CCNC(=O)CN(Cc1ccccc1)C(=O)[C@@H]1CC(c2ccccc2F)=NO1. The van der Waals surface area contributed by atoms with E-state index in [0.29, 0.717) is 17.8 Å². The second-order valence-corrected chi connectivity index (χ2v) is 6.45. The number of nitrogens with zero attached hydrogens (tertiary/aromatic N) is 2. The number of halogens is 1. The molecule has 0 saturated heterocycles. The number of amides is 2. The van der Waals surface area contributed by atoms with Crippen LogP contribution in [0.3, 0.4) is 0 Å². The summed E-state index contributed by atoms with van der Waals surface area (Å²) in [6.07, 6.45) is -0.728. The monoisotopic (exact) mass is 383 g/mol. The predicted molar refractivity (Wildman–Crippen MR) is 103 cm³/mol. The minimum atomic E-state index is -0.882. The summed E-state index contributed by atoms with van der Waals surface area (Å²) in [6, 6.07) is 15.6. The van der Waals surface area contributed by atoms with Gasteiger partial charge in [0.15, 0.2) is 0 Å². The van der Waals surface area contributed by atoms with Crippen molar-refractivity contribution < 1.29 is 18.8 Å². The van der Waals surface area contributed by atoms with Crippen LogP contribution in [0.4, 0.5) is 4.39 Å². The number of nitrogens with one attached hydrogen (secondary N) is 1. The van der Waals surface area contributed by atoms with E-state index in [1.165, 1.54) is 11.0 Å². The summed E-state index contributed by atoms with van der Waals surface area (Å²) in [5.41, 5.74) is 1.60. The number of benzene rings is 2. The maximum Gasteiger partial charge on any atom is 0.267 e. The van der Waals surface area contributed by atoms with E-state index >= 15 is 0 Å². The van der Waals surface area contributed by atoms with Crippen LogP contribution in [0, 0.1) is 5.82 Å². The lowest BCUT2D eigenvalue weighted by atomic mass is 10.0. The van der Waals surface area contributed by atoms with E-state index in [2.05, 4.69) is 10.5 Å². The Morgan fingerprint density at radius 3 is 2.61 bits per heavy atom. The Labute approximate surface area is 163 Å². The highest BCUT2D eigenvalue weighted by Gasteiger charge is 2.34. The molecule has 2 amide bonds. The molecule has 3 rings (SSSR count). The standard InChI is InChI=1S/C21H22FN3O3/c1-2-23-20(26)14-25(13-15-8-4-3-5-9-15)21(27)19-12-18(24-28-19)16-10-6-7-11-17(16)22/h3-11,19H,2,12-14H2,1H3,(H,23,26)/t19-/m0/s1. The van der Waals surface area contributed by atoms with Crippen LogP contribution >= 0.6 is 0 Å². The molecule has 1 aliphatic heterocycles. The first kappa shape index (κ1) is 19.5. The fourth-order valence-electron chi connectivity index (χ4n) is 3.01. The minimum absolute atomic E-state index is 0.0868. The van der Waals surface area contributed by atoms with Crippen molar-refractivity contribution in [3.8, 4) is 0 Å². The number of carbonyl (C=O) groups excluding carboxylic acids is 2. The van der Waals surface area contributed by atoms with E-state index in [-0.39, 0.29) is 31.3 Å². The first-order valence-corrected chi connectivity index (χ1v) is 9.15. The first-order valence-electron chi connectivity index (χ1n) is 9.15. The summed E-state index contributed by atoms with van der Waals surface area (Å²) in [7, 11) is 0. The van der Waals surface area contributed by atoms with Gasteiger partial charge in [-0.2, -0.15) is 0 Å². The first-order chi connectivity index (χ1) is 13.6. The van der Waals surface area contributed by atoms with Crippen LogP contribution in [-0.2, 0) is 21.0 Å². The zero-order valence-electron chi connectivity index (χ0n) is 15.6. The van der Waals surface area contributed by atoms with E-state index in [1.54, 1.807) is 18.2 Å². The largest absolute Gasteiger partial charge is 0.382 e. The molecule has 1 heterocycles.